The molecular weight excluding hydrogens is 321 g/mol. The standard InChI is InChI=1S/C16H11BrFNO/c17-14-9-11(18)6-7-12(14)16(20)13-5-1-3-10-4-2-8-19-15(10)13/h1-9,16,20H. The van der Waals surface area contributed by atoms with Crippen LogP contribution in [0.25, 0.3) is 10.9 Å². The predicted octanol–water partition coefficient (Wildman–Crippen LogP) is 4.22. The van der Waals surface area contributed by atoms with Gasteiger partial charge in [0.15, 0.2) is 0 Å². The summed E-state index contributed by atoms with van der Waals surface area (Å²) in [6.45, 7) is 0. The average Bonchev–Trinajstić information content (AvgIpc) is 2.46. The molecule has 0 fully saturated rings. The number of rotatable bonds is 2. The van der Waals surface area contributed by atoms with E-state index >= 15 is 0 Å². The third-order valence-electron chi connectivity index (χ3n) is 3.22. The van der Waals surface area contributed by atoms with Crippen LogP contribution in [0.5, 0.6) is 0 Å². The molecule has 0 amide bonds. The molecule has 0 aliphatic heterocycles. The highest BCUT2D eigenvalue weighted by atomic mass is 79.9. The largest absolute Gasteiger partial charge is 0.384 e. The number of benzene rings is 2. The SMILES string of the molecule is OC(c1ccc(F)cc1Br)c1cccc2cccnc12. The first kappa shape index (κ1) is 13.2. The van der Waals surface area contributed by atoms with Crippen molar-refractivity contribution in [2.75, 3.05) is 0 Å². The minimum absolute atomic E-state index is 0.344. The van der Waals surface area contributed by atoms with E-state index in [0.717, 1.165) is 10.9 Å². The highest BCUT2D eigenvalue weighted by Crippen LogP contribution is 2.32. The maximum absolute atomic E-state index is 13.1. The molecular formula is C16H11BrFNO. The summed E-state index contributed by atoms with van der Waals surface area (Å²) in [5.74, 6) is -0.344. The Morgan fingerprint density at radius 3 is 2.65 bits per heavy atom. The molecule has 1 atom stereocenters. The van der Waals surface area contributed by atoms with Gasteiger partial charge in [0.2, 0.25) is 0 Å². The maximum Gasteiger partial charge on any atom is 0.124 e. The Morgan fingerprint density at radius 1 is 1.05 bits per heavy atom. The van der Waals surface area contributed by atoms with Gasteiger partial charge in [-0.1, -0.05) is 46.3 Å². The monoisotopic (exact) mass is 331 g/mol. The van der Waals surface area contributed by atoms with Gasteiger partial charge in [0.05, 0.1) is 5.52 Å². The second kappa shape index (κ2) is 5.31. The summed E-state index contributed by atoms with van der Waals surface area (Å²) in [6.07, 6.45) is 0.835. The number of pyridine rings is 1. The molecule has 0 aliphatic carbocycles. The van der Waals surface area contributed by atoms with Crippen LogP contribution in [0.4, 0.5) is 4.39 Å². The molecule has 3 aromatic rings. The number of aromatic nitrogens is 1. The molecule has 100 valence electrons. The molecule has 1 N–H and O–H groups in total. The lowest BCUT2D eigenvalue weighted by Crippen LogP contribution is -2.02. The van der Waals surface area contributed by atoms with Gasteiger partial charge in [-0.3, -0.25) is 4.98 Å². The fourth-order valence-corrected chi connectivity index (χ4v) is 2.81. The van der Waals surface area contributed by atoms with Gasteiger partial charge >= 0.3 is 0 Å². The van der Waals surface area contributed by atoms with Crippen LogP contribution in [0.2, 0.25) is 0 Å². The third-order valence-corrected chi connectivity index (χ3v) is 3.90. The molecule has 3 rings (SSSR count). The zero-order chi connectivity index (χ0) is 14.1. The molecule has 0 spiro atoms. The number of aliphatic hydroxyl groups excluding tert-OH is 1. The summed E-state index contributed by atoms with van der Waals surface area (Å²) in [5.41, 5.74) is 2.07. The van der Waals surface area contributed by atoms with E-state index in [1.54, 1.807) is 12.3 Å². The van der Waals surface area contributed by atoms with Crippen molar-refractivity contribution in [3.8, 4) is 0 Å². The van der Waals surface area contributed by atoms with E-state index in [1.165, 1.54) is 12.1 Å². The van der Waals surface area contributed by atoms with Crippen molar-refractivity contribution < 1.29 is 9.50 Å². The van der Waals surface area contributed by atoms with Gasteiger partial charge in [0.25, 0.3) is 0 Å². The Labute approximate surface area is 124 Å². The van der Waals surface area contributed by atoms with Crippen molar-refractivity contribution in [3.63, 3.8) is 0 Å². The zero-order valence-corrected chi connectivity index (χ0v) is 12.0. The molecule has 20 heavy (non-hydrogen) atoms. The summed E-state index contributed by atoms with van der Waals surface area (Å²) in [7, 11) is 0. The van der Waals surface area contributed by atoms with Gasteiger partial charge in [-0.05, 0) is 23.8 Å². The topological polar surface area (TPSA) is 33.1 Å². The molecule has 4 heteroatoms. The van der Waals surface area contributed by atoms with Crippen molar-refractivity contribution in [1.82, 2.24) is 4.98 Å². The van der Waals surface area contributed by atoms with E-state index in [2.05, 4.69) is 20.9 Å². The Morgan fingerprint density at radius 2 is 1.85 bits per heavy atom. The molecule has 1 unspecified atom stereocenters. The molecule has 0 saturated carbocycles. The van der Waals surface area contributed by atoms with E-state index < -0.39 is 6.10 Å². The maximum atomic E-state index is 13.1. The van der Waals surface area contributed by atoms with E-state index in [1.807, 2.05) is 30.3 Å². The second-order valence-corrected chi connectivity index (χ2v) is 5.35. The van der Waals surface area contributed by atoms with Crippen LogP contribution >= 0.6 is 15.9 Å². The van der Waals surface area contributed by atoms with Gasteiger partial charge in [-0.2, -0.15) is 0 Å². The highest BCUT2D eigenvalue weighted by Gasteiger charge is 2.17. The summed E-state index contributed by atoms with van der Waals surface area (Å²) >= 11 is 3.29. The Kier molecular flexibility index (Phi) is 3.51. The predicted molar refractivity (Wildman–Crippen MR) is 79.9 cm³/mol. The summed E-state index contributed by atoms with van der Waals surface area (Å²) in [6, 6.07) is 13.7. The fraction of sp³-hybridized carbons (Fsp3) is 0.0625. The van der Waals surface area contributed by atoms with Gasteiger partial charge < -0.3 is 5.11 Å². The minimum Gasteiger partial charge on any atom is -0.384 e. The van der Waals surface area contributed by atoms with Gasteiger partial charge in [0.1, 0.15) is 11.9 Å². The van der Waals surface area contributed by atoms with Crippen molar-refractivity contribution in [1.29, 1.82) is 0 Å². The number of aliphatic hydroxyl groups is 1. The lowest BCUT2D eigenvalue weighted by Gasteiger charge is -2.15. The van der Waals surface area contributed by atoms with Crippen molar-refractivity contribution in [2.45, 2.75) is 6.10 Å². The molecule has 1 heterocycles. The minimum atomic E-state index is -0.858. The van der Waals surface area contributed by atoms with Crippen molar-refractivity contribution in [2.24, 2.45) is 0 Å². The fourth-order valence-electron chi connectivity index (χ4n) is 2.24. The number of fused-ring (bicyclic) bond motifs is 1. The first-order chi connectivity index (χ1) is 9.66. The van der Waals surface area contributed by atoms with Crippen LogP contribution in [0.3, 0.4) is 0 Å². The quantitative estimate of drug-likeness (QED) is 0.762. The van der Waals surface area contributed by atoms with Gasteiger partial charge in [0, 0.05) is 21.6 Å². The van der Waals surface area contributed by atoms with E-state index in [0.29, 0.717) is 15.6 Å². The normalized spacial score (nSPS) is 12.6. The highest BCUT2D eigenvalue weighted by molar-refractivity contribution is 9.10. The molecule has 0 radical (unpaired) electrons. The summed E-state index contributed by atoms with van der Waals surface area (Å²) < 4.78 is 13.7. The zero-order valence-electron chi connectivity index (χ0n) is 10.4. The molecule has 0 aliphatic rings. The number of nitrogens with zero attached hydrogens (tertiary/aromatic N) is 1. The molecule has 2 aromatic carbocycles. The first-order valence-corrected chi connectivity index (χ1v) is 6.93. The lowest BCUT2D eigenvalue weighted by atomic mass is 9.99. The van der Waals surface area contributed by atoms with Crippen LogP contribution in [0.15, 0.2) is 59.2 Å². The second-order valence-electron chi connectivity index (χ2n) is 4.49. The third kappa shape index (κ3) is 2.32. The molecule has 2 nitrogen and oxygen atoms in total. The molecule has 1 aromatic heterocycles. The number of hydrogen-bond donors (Lipinski definition) is 1. The van der Waals surface area contributed by atoms with E-state index in [9.17, 15) is 9.50 Å². The smallest absolute Gasteiger partial charge is 0.124 e. The summed E-state index contributed by atoms with van der Waals surface area (Å²) in [5, 5.41) is 11.5. The average molecular weight is 332 g/mol. The van der Waals surface area contributed by atoms with E-state index in [4.69, 9.17) is 0 Å². The number of hydrogen-bond acceptors (Lipinski definition) is 2. The molecule has 0 bridgehead atoms. The number of para-hydroxylation sites is 1. The van der Waals surface area contributed by atoms with Crippen molar-refractivity contribution in [3.05, 3.63) is 76.1 Å². The Hall–Kier alpha value is -1.78. The van der Waals surface area contributed by atoms with Crippen LogP contribution < -0.4 is 0 Å². The van der Waals surface area contributed by atoms with Crippen LogP contribution in [0.1, 0.15) is 17.2 Å². The lowest BCUT2D eigenvalue weighted by molar-refractivity contribution is 0.221. The van der Waals surface area contributed by atoms with Crippen LogP contribution in [-0.2, 0) is 0 Å². The molecule has 0 saturated heterocycles. The Bertz CT molecular complexity index is 770. The Balaban J connectivity index is 2.15. The van der Waals surface area contributed by atoms with Crippen LogP contribution in [0, 0.1) is 5.82 Å². The van der Waals surface area contributed by atoms with E-state index in [-0.39, 0.29) is 5.82 Å². The number of halogens is 2. The van der Waals surface area contributed by atoms with Crippen LogP contribution in [-0.4, -0.2) is 10.1 Å². The first-order valence-electron chi connectivity index (χ1n) is 6.13. The summed E-state index contributed by atoms with van der Waals surface area (Å²) in [4.78, 5) is 4.33. The van der Waals surface area contributed by atoms with Gasteiger partial charge in [-0.15, -0.1) is 0 Å². The van der Waals surface area contributed by atoms with Crippen molar-refractivity contribution >= 4 is 26.8 Å². The van der Waals surface area contributed by atoms with Gasteiger partial charge in [-0.25, -0.2) is 4.39 Å².